The maximum atomic E-state index is 4.16. The number of nitrogens with zero attached hydrogens (tertiary/aromatic N) is 3. The third-order valence-electron chi connectivity index (χ3n) is 3.97. The minimum absolute atomic E-state index is 0.0979. The van der Waals surface area contributed by atoms with Crippen LogP contribution >= 0.6 is 0 Å². The number of hydrogen-bond acceptors (Lipinski definition) is 4. The average molecular weight is 250 g/mol. The van der Waals surface area contributed by atoms with Crippen molar-refractivity contribution >= 4 is 0 Å². The third kappa shape index (κ3) is 2.87. The molecule has 0 amide bonds. The standard InChI is InChI=1S/C14H26N4/c1-6-14(7-2,18(4)5)13(17-8-3)12-9-15-11-16-10-12/h9-11,13,17H,6-8H2,1-5H3. The zero-order valence-corrected chi connectivity index (χ0v) is 12.3. The molecule has 4 heteroatoms. The molecule has 1 aromatic rings. The molecular formula is C14H26N4. The number of aromatic nitrogens is 2. The van der Waals surface area contributed by atoms with Gasteiger partial charge in [0.05, 0.1) is 6.04 Å². The summed E-state index contributed by atoms with van der Waals surface area (Å²) in [6, 6.07) is 0.258. The fraction of sp³-hybridized carbons (Fsp3) is 0.714. The van der Waals surface area contributed by atoms with Crippen molar-refractivity contribution in [2.45, 2.75) is 45.2 Å². The van der Waals surface area contributed by atoms with Crippen LogP contribution in [0.15, 0.2) is 18.7 Å². The Balaban J connectivity index is 3.17. The van der Waals surface area contributed by atoms with E-state index in [1.807, 2.05) is 12.4 Å². The van der Waals surface area contributed by atoms with Crippen molar-refractivity contribution in [3.63, 3.8) is 0 Å². The summed E-state index contributed by atoms with van der Waals surface area (Å²) in [4.78, 5) is 10.6. The minimum Gasteiger partial charge on any atom is -0.309 e. The molecule has 0 radical (unpaired) electrons. The van der Waals surface area contributed by atoms with E-state index in [-0.39, 0.29) is 11.6 Å². The molecule has 0 aliphatic heterocycles. The van der Waals surface area contributed by atoms with Crippen LogP contribution in [0.1, 0.15) is 45.2 Å². The summed E-state index contributed by atoms with van der Waals surface area (Å²) in [5.74, 6) is 0. The van der Waals surface area contributed by atoms with Crippen LogP contribution in [0.4, 0.5) is 0 Å². The molecular weight excluding hydrogens is 224 g/mol. The Morgan fingerprint density at radius 1 is 1.17 bits per heavy atom. The van der Waals surface area contributed by atoms with Crippen molar-refractivity contribution in [3.05, 3.63) is 24.3 Å². The molecule has 1 atom stereocenters. The van der Waals surface area contributed by atoms with Gasteiger partial charge in [0.25, 0.3) is 0 Å². The third-order valence-corrected chi connectivity index (χ3v) is 3.97. The molecule has 4 nitrogen and oxygen atoms in total. The second kappa shape index (κ2) is 6.81. The summed E-state index contributed by atoms with van der Waals surface area (Å²) in [5, 5.41) is 3.60. The van der Waals surface area contributed by atoms with Gasteiger partial charge in [0.1, 0.15) is 6.33 Å². The van der Waals surface area contributed by atoms with Gasteiger partial charge in [-0.05, 0) is 33.5 Å². The van der Waals surface area contributed by atoms with E-state index in [4.69, 9.17) is 0 Å². The smallest absolute Gasteiger partial charge is 0.115 e. The fourth-order valence-electron chi connectivity index (χ4n) is 2.83. The van der Waals surface area contributed by atoms with Crippen LogP contribution in [0, 0.1) is 0 Å². The Morgan fingerprint density at radius 2 is 1.72 bits per heavy atom. The lowest BCUT2D eigenvalue weighted by atomic mass is 9.80. The second-order valence-electron chi connectivity index (χ2n) is 4.87. The normalized spacial score (nSPS) is 13.9. The van der Waals surface area contributed by atoms with Gasteiger partial charge in [-0.2, -0.15) is 0 Å². The number of rotatable bonds is 7. The van der Waals surface area contributed by atoms with Gasteiger partial charge in [0.15, 0.2) is 0 Å². The summed E-state index contributed by atoms with van der Waals surface area (Å²) < 4.78 is 0. The van der Waals surface area contributed by atoms with Crippen LogP contribution < -0.4 is 5.32 Å². The Morgan fingerprint density at radius 3 is 2.11 bits per heavy atom. The molecule has 1 aromatic heterocycles. The highest BCUT2D eigenvalue weighted by atomic mass is 15.2. The van der Waals surface area contributed by atoms with Crippen molar-refractivity contribution in [1.29, 1.82) is 0 Å². The zero-order valence-electron chi connectivity index (χ0n) is 12.3. The molecule has 0 aliphatic rings. The molecule has 18 heavy (non-hydrogen) atoms. The van der Waals surface area contributed by atoms with Gasteiger partial charge >= 0.3 is 0 Å². The number of hydrogen-bond donors (Lipinski definition) is 1. The van der Waals surface area contributed by atoms with Crippen molar-refractivity contribution in [1.82, 2.24) is 20.2 Å². The highest BCUT2D eigenvalue weighted by Gasteiger charge is 2.38. The molecule has 1 N–H and O–H groups in total. The molecule has 0 saturated carbocycles. The van der Waals surface area contributed by atoms with Crippen molar-refractivity contribution < 1.29 is 0 Å². The van der Waals surface area contributed by atoms with Crippen LogP contribution in [0.2, 0.25) is 0 Å². The molecule has 0 saturated heterocycles. The molecule has 0 bridgehead atoms. The van der Waals surface area contributed by atoms with E-state index < -0.39 is 0 Å². The van der Waals surface area contributed by atoms with Gasteiger partial charge in [-0.25, -0.2) is 9.97 Å². The molecule has 1 heterocycles. The summed E-state index contributed by atoms with van der Waals surface area (Å²) in [6.07, 6.45) is 7.60. The van der Waals surface area contributed by atoms with Crippen LogP contribution in [0.3, 0.4) is 0 Å². The van der Waals surface area contributed by atoms with E-state index in [1.165, 1.54) is 0 Å². The maximum Gasteiger partial charge on any atom is 0.115 e. The van der Waals surface area contributed by atoms with E-state index in [1.54, 1.807) is 6.33 Å². The predicted octanol–water partition coefficient (Wildman–Crippen LogP) is 2.25. The first kappa shape index (κ1) is 15.1. The summed E-state index contributed by atoms with van der Waals surface area (Å²) >= 11 is 0. The van der Waals surface area contributed by atoms with E-state index in [9.17, 15) is 0 Å². The Bertz CT molecular complexity index is 333. The highest BCUT2D eigenvalue weighted by Crippen LogP contribution is 2.35. The number of likely N-dealkylation sites (N-methyl/N-ethyl adjacent to an activating group) is 2. The van der Waals surface area contributed by atoms with E-state index >= 15 is 0 Å². The quantitative estimate of drug-likeness (QED) is 0.806. The monoisotopic (exact) mass is 250 g/mol. The Hall–Kier alpha value is -1.00. The van der Waals surface area contributed by atoms with Gasteiger partial charge in [0, 0.05) is 23.5 Å². The molecule has 0 fully saturated rings. The van der Waals surface area contributed by atoms with E-state index in [0.29, 0.717) is 0 Å². The second-order valence-corrected chi connectivity index (χ2v) is 4.87. The Kier molecular flexibility index (Phi) is 5.69. The predicted molar refractivity (Wildman–Crippen MR) is 75.4 cm³/mol. The summed E-state index contributed by atoms with van der Waals surface area (Å²) in [6.45, 7) is 7.58. The fourth-order valence-corrected chi connectivity index (χ4v) is 2.83. The lowest BCUT2D eigenvalue weighted by Crippen LogP contribution is -2.53. The molecule has 0 spiro atoms. The first-order chi connectivity index (χ1) is 8.62. The van der Waals surface area contributed by atoms with E-state index in [2.05, 4.69) is 55.1 Å². The van der Waals surface area contributed by atoms with Gasteiger partial charge in [0.2, 0.25) is 0 Å². The van der Waals surface area contributed by atoms with Crippen molar-refractivity contribution in [2.75, 3.05) is 20.6 Å². The first-order valence-corrected chi connectivity index (χ1v) is 6.78. The lowest BCUT2D eigenvalue weighted by molar-refractivity contribution is 0.0886. The van der Waals surface area contributed by atoms with Gasteiger partial charge in [-0.15, -0.1) is 0 Å². The summed E-state index contributed by atoms with van der Waals surface area (Å²) in [5.41, 5.74) is 1.26. The average Bonchev–Trinajstić information content (AvgIpc) is 2.40. The van der Waals surface area contributed by atoms with Crippen LogP contribution in [0.5, 0.6) is 0 Å². The topological polar surface area (TPSA) is 41.1 Å². The molecule has 1 rings (SSSR count). The Labute approximate surface area is 111 Å². The zero-order chi connectivity index (χ0) is 13.6. The highest BCUT2D eigenvalue weighted by molar-refractivity contribution is 5.17. The maximum absolute atomic E-state index is 4.16. The van der Waals surface area contributed by atoms with Crippen LogP contribution in [-0.2, 0) is 0 Å². The molecule has 0 aromatic carbocycles. The van der Waals surface area contributed by atoms with Gasteiger partial charge < -0.3 is 10.2 Å². The van der Waals surface area contributed by atoms with Crippen LogP contribution in [0.25, 0.3) is 0 Å². The molecule has 0 aliphatic carbocycles. The minimum atomic E-state index is 0.0979. The van der Waals surface area contributed by atoms with Crippen molar-refractivity contribution in [2.24, 2.45) is 0 Å². The van der Waals surface area contributed by atoms with E-state index in [0.717, 1.165) is 24.9 Å². The SMILES string of the molecule is CCNC(c1cncnc1)C(CC)(CC)N(C)C. The largest absolute Gasteiger partial charge is 0.309 e. The van der Waals surface area contributed by atoms with Gasteiger partial charge in [-0.3, -0.25) is 0 Å². The first-order valence-electron chi connectivity index (χ1n) is 6.78. The van der Waals surface area contributed by atoms with Gasteiger partial charge in [-0.1, -0.05) is 20.8 Å². The van der Waals surface area contributed by atoms with Crippen LogP contribution in [-0.4, -0.2) is 41.0 Å². The lowest BCUT2D eigenvalue weighted by Gasteiger charge is -2.45. The summed E-state index contributed by atoms with van der Waals surface area (Å²) in [7, 11) is 4.31. The molecule has 102 valence electrons. The number of nitrogens with one attached hydrogen (secondary N) is 1. The van der Waals surface area contributed by atoms with Crippen molar-refractivity contribution in [3.8, 4) is 0 Å². The molecule has 1 unspecified atom stereocenters.